The number of β-amino-alcohol motifs (C(OH)–C–C–N with tert-alkyl or cyclic N) is 2. The molecule has 1 aliphatic rings. The van der Waals surface area contributed by atoms with E-state index < -0.39 is 12.2 Å². The van der Waals surface area contributed by atoms with Crippen molar-refractivity contribution in [3.05, 3.63) is 97.1 Å². The molecule has 0 amide bonds. The van der Waals surface area contributed by atoms with Gasteiger partial charge in [-0.2, -0.15) is 0 Å². The summed E-state index contributed by atoms with van der Waals surface area (Å²) in [5.74, 6) is 0. The molecule has 0 radical (unpaired) electrons. The average molecular weight is 533 g/mol. The maximum absolute atomic E-state index is 11.1. The number of fused-ring (bicyclic) bond motifs is 6. The largest absolute Gasteiger partial charge is 0.390 e. The zero-order valence-corrected chi connectivity index (χ0v) is 22.7. The molecule has 0 unspecified atom stereocenters. The molecule has 4 aromatic carbocycles. The van der Waals surface area contributed by atoms with E-state index in [2.05, 4.69) is 116 Å². The van der Waals surface area contributed by atoms with Gasteiger partial charge < -0.3 is 19.3 Å². The van der Waals surface area contributed by atoms with Crippen LogP contribution in [0.2, 0.25) is 0 Å². The number of rotatable bonds is 8. The maximum Gasteiger partial charge on any atom is 0.0845 e. The van der Waals surface area contributed by atoms with E-state index in [9.17, 15) is 10.2 Å². The molecular formula is C34H36N4O2. The smallest absolute Gasteiger partial charge is 0.0845 e. The third-order valence-corrected chi connectivity index (χ3v) is 8.55. The Kier molecular flexibility index (Phi) is 6.77. The molecule has 1 aliphatic heterocycles. The number of benzene rings is 4. The summed E-state index contributed by atoms with van der Waals surface area (Å²) in [5.41, 5.74) is 4.68. The first kappa shape index (κ1) is 25.3. The standard InChI is InChI=1S/C34H36N4O2/c39-25(23-37-31-13-5-1-9-27(31)28-10-2-6-14-32(28)37)21-35-17-19-36(20-18-35)22-26(40)24-38-33-15-7-3-11-29(33)30-12-4-8-16-34(30)38/h1-16,25-26,39-40H,17-24H2/t25-,26-/m1/s1. The van der Waals surface area contributed by atoms with Crippen LogP contribution in [0.25, 0.3) is 43.6 Å². The molecule has 6 aromatic rings. The number of piperazine rings is 1. The minimum atomic E-state index is -0.452. The highest BCUT2D eigenvalue weighted by molar-refractivity contribution is 6.08. The molecule has 0 bridgehead atoms. The van der Waals surface area contributed by atoms with Gasteiger partial charge >= 0.3 is 0 Å². The second kappa shape index (κ2) is 10.7. The number of nitrogens with zero attached hydrogens (tertiary/aromatic N) is 4. The van der Waals surface area contributed by atoms with Crippen LogP contribution in [0.1, 0.15) is 0 Å². The zero-order chi connectivity index (χ0) is 27.1. The lowest BCUT2D eigenvalue weighted by Gasteiger charge is -2.36. The average Bonchev–Trinajstić information content (AvgIpc) is 3.47. The topological polar surface area (TPSA) is 56.8 Å². The fourth-order valence-corrected chi connectivity index (χ4v) is 6.69. The van der Waals surface area contributed by atoms with Gasteiger partial charge in [0.25, 0.3) is 0 Å². The molecule has 2 atom stereocenters. The Labute approximate surface area is 234 Å². The number of hydrogen-bond acceptors (Lipinski definition) is 4. The quantitative estimate of drug-likeness (QED) is 0.292. The lowest BCUT2D eigenvalue weighted by atomic mass is 10.2. The summed E-state index contributed by atoms with van der Waals surface area (Å²) in [6.45, 7) is 6.03. The van der Waals surface area contributed by atoms with Crippen molar-refractivity contribution in [2.75, 3.05) is 39.3 Å². The number of hydrogen-bond donors (Lipinski definition) is 2. The predicted octanol–water partition coefficient (Wildman–Crippen LogP) is 4.94. The van der Waals surface area contributed by atoms with Crippen LogP contribution in [-0.2, 0) is 13.1 Å². The second-order valence-electron chi connectivity index (χ2n) is 11.2. The van der Waals surface area contributed by atoms with Crippen LogP contribution in [0.3, 0.4) is 0 Å². The first-order chi connectivity index (χ1) is 19.7. The molecule has 2 N–H and O–H groups in total. The van der Waals surface area contributed by atoms with Gasteiger partial charge in [-0.05, 0) is 24.3 Å². The second-order valence-corrected chi connectivity index (χ2v) is 11.2. The van der Waals surface area contributed by atoms with Crippen molar-refractivity contribution in [3.63, 3.8) is 0 Å². The van der Waals surface area contributed by atoms with Crippen LogP contribution in [0.15, 0.2) is 97.1 Å². The van der Waals surface area contributed by atoms with Crippen molar-refractivity contribution < 1.29 is 10.2 Å². The van der Waals surface area contributed by atoms with Gasteiger partial charge in [-0.25, -0.2) is 0 Å². The predicted molar refractivity (Wildman–Crippen MR) is 164 cm³/mol. The Hall–Kier alpha value is -3.68. The van der Waals surface area contributed by atoms with Crippen LogP contribution in [0.4, 0.5) is 0 Å². The zero-order valence-electron chi connectivity index (χ0n) is 22.7. The van der Waals surface area contributed by atoms with Crippen molar-refractivity contribution in [3.8, 4) is 0 Å². The van der Waals surface area contributed by atoms with E-state index in [1.165, 1.54) is 43.6 Å². The molecule has 6 nitrogen and oxygen atoms in total. The highest BCUT2D eigenvalue weighted by Crippen LogP contribution is 2.30. The molecule has 40 heavy (non-hydrogen) atoms. The van der Waals surface area contributed by atoms with E-state index in [1.54, 1.807) is 0 Å². The van der Waals surface area contributed by atoms with E-state index in [0.29, 0.717) is 26.2 Å². The van der Waals surface area contributed by atoms with Crippen LogP contribution in [-0.4, -0.2) is 80.6 Å². The minimum Gasteiger partial charge on any atom is -0.390 e. The van der Waals surface area contributed by atoms with Crippen molar-refractivity contribution in [1.82, 2.24) is 18.9 Å². The summed E-state index contributed by atoms with van der Waals surface area (Å²) in [4.78, 5) is 4.71. The lowest BCUT2D eigenvalue weighted by molar-refractivity contribution is 0.0415. The lowest BCUT2D eigenvalue weighted by Crippen LogP contribution is -2.50. The molecular weight excluding hydrogens is 496 g/mol. The van der Waals surface area contributed by atoms with Gasteiger partial charge in [-0.3, -0.25) is 9.80 Å². The van der Waals surface area contributed by atoms with Crippen LogP contribution in [0, 0.1) is 0 Å². The molecule has 3 heterocycles. The van der Waals surface area contributed by atoms with Crippen LogP contribution >= 0.6 is 0 Å². The van der Waals surface area contributed by atoms with E-state index in [-0.39, 0.29) is 0 Å². The highest BCUT2D eigenvalue weighted by Gasteiger charge is 2.23. The molecule has 1 fully saturated rings. The van der Waals surface area contributed by atoms with Gasteiger partial charge in [0.1, 0.15) is 0 Å². The fourth-order valence-electron chi connectivity index (χ4n) is 6.69. The van der Waals surface area contributed by atoms with E-state index >= 15 is 0 Å². The summed E-state index contributed by atoms with van der Waals surface area (Å²) in [6, 6.07) is 33.8. The third-order valence-electron chi connectivity index (χ3n) is 8.55. The monoisotopic (exact) mass is 532 g/mol. The van der Waals surface area contributed by atoms with Gasteiger partial charge in [-0.15, -0.1) is 0 Å². The van der Waals surface area contributed by atoms with Crippen molar-refractivity contribution in [2.24, 2.45) is 0 Å². The minimum absolute atomic E-state index is 0.452. The maximum atomic E-state index is 11.1. The number of aliphatic hydroxyl groups excluding tert-OH is 2. The van der Waals surface area contributed by atoms with Crippen LogP contribution < -0.4 is 0 Å². The molecule has 1 saturated heterocycles. The molecule has 0 saturated carbocycles. The molecule has 204 valence electrons. The van der Waals surface area contributed by atoms with Crippen LogP contribution in [0.5, 0.6) is 0 Å². The number of aromatic nitrogens is 2. The summed E-state index contributed by atoms with van der Waals surface area (Å²) in [6.07, 6.45) is -0.904. The SMILES string of the molecule is O[C@H](CN1CCN(C[C@@H](O)Cn2c3ccccc3c3ccccc32)CC1)Cn1c2ccccc2c2ccccc21. The normalized spacial score (nSPS) is 16.9. The Bertz CT molecular complexity index is 1540. The highest BCUT2D eigenvalue weighted by atomic mass is 16.3. The summed E-state index contributed by atoms with van der Waals surface area (Å²) >= 11 is 0. The molecule has 0 spiro atoms. The molecule has 6 heteroatoms. The molecule has 0 aliphatic carbocycles. The Morgan fingerprint density at radius 2 is 0.700 bits per heavy atom. The van der Waals surface area contributed by atoms with Crippen molar-refractivity contribution in [2.45, 2.75) is 25.3 Å². The first-order valence-corrected chi connectivity index (χ1v) is 14.4. The molecule has 7 rings (SSSR count). The Morgan fingerprint density at radius 1 is 0.425 bits per heavy atom. The van der Waals surface area contributed by atoms with Gasteiger partial charge in [0, 0.05) is 82.9 Å². The van der Waals surface area contributed by atoms with Gasteiger partial charge in [0.2, 0.25) is 0 Å². The Balaban J connectivity index is 0.965. The number of para-hydroxylation sites is 4. The van der Waals surface area contributed by atoms with Crippen molar-refractivity contribution >= 4 is 43.6 Å². The van der Waals surface area contributed by atoms with E-state index in [0.717, 1.165) is 26.2 Å². The Morgan fingerprint density at radius 3 is 1.00 bits per heavy atom. The fraction of sp³-hybridized carbons (Fsp3) is 0.294. The van der Waals surface area contributed by atoms with Gasteiger partial charge in [-0.1, -0.05) is 72.8 Å². The van der Waals surface area contributed by atoms with E-state index in [1.807, 2.05) is 0 Å². The van der Waals surface area contributed by atoms with E-state index in [4.69, 9.17) is 0 Å². The third kappa shape index (κ3) is 4.67. The number of aliphatic hydroxyl groups is 2. The summed E-state index contributed by atoms with van der Waals surface area (Å²) < 4.78 is 4.52. The summed E-state index contributed by atoms with van der Waals surface area (Å²) in [5, 5.41) is 27.1. The molecule has 2 aromatic heterocycles. The van der Waals surface area contributed by atoms with Gasteiger partial charge in [0.15, 0.2) is 0 Å². The summed E-state index contributed by atoms with van der Waals surface area (Å²) in [7, 11) is 0. The van der Waals surface area contributed by atoms with Gasteiger partial charge in [0.05, 0.1) is 25.3 Å². The first-order valence-electron chi connectivity index (χ1n) is 14.4. The van der Waals surface area contributed by atoms with Crippen molar-refractivity contribution in [1.29, 1.82) is 0 Å².